The lowest BCUT2D eigenvalue weighted by molar-refractivity contribution is -0.595. The van der Waals surface area contributed by atoms with Crippen LogP contribution in [0.4, 0.5) is 10.1 Å². The largest absolute Gasteiger partial charge is 0.622 e. The van der Waals surface area contributed by atoms with Crippen molar-refractivity contribution in [2.24, 2.45) is 0 Å². The van der Waals surface area contributed by atoms with E-state index < -0.39 is 22.4 Å². The van der Waals surface area contributed by atoms with E-state index in [1.165, 1.54) is 49.4 Å². The summed E-state index contributed by atoms with van der Waals surface area (Å²) < 4.78 is 13.8. The van der Waals surface area contributed by atoms with Gasteiger partial charge in [0.2, 0.25) is 5.71 Å². The quantitative estimate of drug-likeness (QED) is 0.399. The standard InChI is InChI=1S/C17H16FN3O4/c1-11-16(12-6-8-14(18)9-7-12)20(23)17(2,19(11)22)13-4-3-5-15(10-13)21(24)25/h3-11,22H,1-2H3/t11-,17-/m1/s1. The normalized spacial score (nSPS) is 23.9. The SMILES string of the molecule is C[C@@H]1C(c2ccc(F)cc2)=[N+]([O-])[C@](C)(c2cccc([N+](=O)[O-])c2)N1O. The van der Waals surface area contributed by atoms with Crippen molar-refractivity contribution < 1.29 is 19.3 Å². The second-order valence-electron chi connectivity index (χ2n) is 6.04. The van der Waals surface area contributed by atoms with Crippen molar-refractivity contribution in [1.82, 2.24) is 5.06 Å². The number of hydrogen-bond donors (Lipinski definition) is 1. The van der Waals surface area contributed by atoms with Gasteiger partial charge in [-0.15, -0.1) is 5.06 Å². The molecule has 7 nitrogen and oxygen atoms in total. The van der Waals surface area contributed by atoms with Crippen molar-refractivity contribution >= 4 is 11.4 Å². The first kappa shape index (κ1) is 17.0. The van der Waals surface area contributed by atoms with Crippen molar-refractivity contribution in [2.45, 2.75) is 25.6 Å². The van der Waals surface area contributed by atoms with E-state index in [9.17, 15) is 24.9 Å². The molecular formula is C17H16FN3O4. The summed E-state index contributed by atoms with van der Waals surface area (Å²) >= 11 is 0. The van der Waals surface area contributed by atoms with Crippen LogP contribution in [0, 0.1) is 21.1 Å². The van der Waals surface area contributed by atoms with Gasteiger partial charge in [-0.05, 0) is 37.3 Å². The first-order valence-corrected chi connectivity index (χ1v) is 7.60. The minimum absolute atomic E-state index is 0.177. The van der Waals surface area contributed by atoms with Gasteiger partial charge < -0.3 is 10.4 Å². The number of halogens is 1. The van der Waals surface area contributed by atoms with Crippen LogP contribution in [0.25, 0.3) is 0 Å². The number of nitro benzene ring substituents is 1. The molecule has 0 saturated carbocycles. The third-order valence-electron chi connectivity index (χ3n) is 4.57. The lowest BCUT2D eigenvalue weighted by Gasteiger charge is -2.29. The van der Waals surface area contributed by atoms with E-state index in [1.807, 2.05) is 0 Å². The monoisotopic (exact) mass is 345 g/mol. The maximum Gasteiger partial charge on any atom is 0.274 e. The first-order valence-electron chi connectivity index (χ1n) is 7.60. The fourth-order valence-corrected chi connectivity index (χ4v) is 3.13. The van der Waals surface area contributed by atoms with E-state index in [-0.39, 0.29) is 17.0 Å². The maximum absolute atomic E-state index is 13.2. The molecule has 2 atom stereocenters. The van der Waals surface area contributed by atoms with E-state index in [4.69, 9.17) is 0 Å². The molecule has 0 unspecified atom stereocenters. The molecule has 0 radical (unpaired) electrons. The third-order valence-corrected chi connectivity index (χ3v) is 4.57. The maximum atomic E-state index is 13.2. The summed E-state index contributed by atoms with van der Waals surface area (Å²) in [6.45, 7) is 3.11. The molecule has 0 aliphatic carbocycles. The average molecular weight is 345 g/mol. The number of non-ortho nitro benzene ring substituents is 1. The van der Waals surface area contributed by atoms with Gasteiger partial charge >= 0.3 is 0 Å². The Morgan fingerprint density at radius 1 is 1.28 bits per heavy atom. The Kier molecular flexibility index (Phi) is 4.02. The molecule has 0 saturated heterocycles. The number of benzene rings is 2. The molecule has 1 aliphatic rings. The lowest BCUT2D eigenvalue weighted by atomic mass is 10.0. The molecule has 0 aromatic heterocycles. The molecule has 0 fully saturated rings. The van der Waals surface area contributed by atoms with Crippen LogP contribution in [0.5, 0.6) is 0 Å². The Bertz CT molecular complexity index is 868. The number of nitro groups is 1. The van der Waals surface area contributed by atoms with E-state index in [2.05, 4.69) is 0 Å². The summed E-state index contributed by atoms with van der Waals surface area (Å²) in [7, 11) is 0. The summed E-state index contributed by atoms with van der Waals surface area (Å²) in [5, 5.41) is 35.5. The molecule has 130 valence electrons. The molecule has 0 bridgehead atoms. The van der Waals surface area contributed by atoms with Gasteiger partial charge in [-0.1, -0.05) is 6.07 Å². The van der Waals surface area contributed by atoms with Crippen LogP contribution in [-0.2, 0) is 5.66 Å². The molecule has 3 rings (SSSR count). The van der Waals surface area contributed by atoms with Gasteiger partial charge in [0, 0.05) is 30.2 Å². The summed E-state index contributed by atoms with van der Waals surface area (Å²) in [6.07, 6.45) is 0. The van der Waals surface area contributed by atoms with Crippen molar-refractivity contribution in [3.05, 3.63) is 80.8 Å². The summed E-state index contributed by atoms with van der Waals surface area (Å²) in [5.74, 6) is -0.435. The smallest absolute Gasteiger partial charge is 0.274 e. The minimum Gasteiger partial charge on any atom is -0.622 e. The Morgan fingerprint density at radius 3 is 2.52 bits per heavy atom. The first-order chi connectivity index (χ1) is 11.8. The van der Waals surface area contributed by atoms with E-state index in [1.54, 1.807) is 13.0 Å². The highest BCUT2D eigenvalue weighted by atomic mass is 19.1. The number of hydrogen-bond acceptors (Lipinski definition) is 5. The molecule has 1 N–H and O–H groups in total. The van der Waals surface area contributed by atoms with Crippen LogP contribution in [0.2, 0.25) is 0 Å². The van der Waals surface area contributed by atoms with Crippen LogP contribution in [0.3, 0.4) is 0 Å². The molecule has 8 heteroatoms. The summed E-state index contributed by atoms with van der Waals surface area (Å²) in [6, 6.07) is 10.3. The van der Waals surface area contributed by atoms with Crippen molar-refractivity contribution in [2.75, 3.05) is 0 Å². The van der Waals surface area contributed by atoms with Crippen molar-refractivity contribution in [3.8, 4) is 0 Å². The van der Waals surface area contributed by atoms with Crippen LogP contribution < -0.4 is 0 Å². The highest BCUT2D eigenvalue weighted by Gasteiger charge is 2.54. The van der Waals surface area contributed by atoms with Crippen LogP contribution >= 0.6 is 0 Å². The second kappa shape index (κ2) is 5.91. The second-order valence-corrected chi connectivity index (χ2v) is 6.04. The molecule has 1 aliphatic heterocycles. The minimum atomic E-state index is -1.55. The predicted octanol–water partition coefficient (Wildman–Crippen LogP) is 3.00. The van der Waals surface area contributed by atoms with Crippen molar-refractivity contribution in [1.29, 1.82) is 0 Å². The zero-order chi connectivity index (χ0) is 18.4. The Labute approximate surface area is 142 Å². The van der Waals surface area contributed by atoms with E-state index in [0.717, 1.165) is 5.06 Å². The zero-order valence-electron chi connectivity index (χ0n) is 13.6. The highest BCUT2D eigenvalue weighted by Crippen LogP contribution is 2.37. The molecular weight excluding hydrogens is 329 g/mol. The van der Waals surface area contributed by atoms with Crippen LogP contribution in [0.1, 0.15) is 25.0 Å². The van der Waals surface area contributed by atoms with Gasteiger partial charge in [0.1, 0.15) is 11.9 Å². The molecule has 2 aromatic rings. The number of nitrogens with zero attached hydrogens (tertiary/aromatic N) is 3. The van der Waals surface area contributed by atoms with Gasteiger partial charge in [0.15, 0.2) is 0 Å². The van der Waals surface area contributed by atoms with Crippen molar-refractivity contribution in [3.63, 3.8) is 0 Å². The topological polar surface area (TPSA) is 92.7 Å². The van der Waals surface area contributed by atoms with Gasteiger partial charge in [-0.2, -0.15) is 4.74 Å². The zero-order valence-corrected chi connectivity index (χ0v) is 13.6. The summed E-state index contributed by atoms with van der Waals surface area (Å²) in [4.78, 5) is 10.5. The van der Waals surface area contributed by atoms with Gasteiger partial charge in [0.25, 0.3) is 11.4 Å². The van der Waals surface area contributed by atoms with E-state index >= 15 is 0 Å². The molecule has 0 spiro atoms. The number of rotatable bonds is 3. The van der Waals surface area contributed by atoms with E-state index in [0.29, 0.717) is 10.3 Å². The fourth-order valence-electron chi connectivity index (χ4n) is 3.13. The number of hydroxylamine groups is 3. The van der Waals surface area contributed by atoms with Gasteiger partial charge in [0.05, 0.1) is 4.92 Å². The molecule has 2 aromatic carbocycles. The van der Waals surface area contributed by atoms with Crippen LogP contribution in [-0.4, -0.2) is 31.7 Å². The molecule has 1 heterocycles. The predicted molar refractivity (Wildman–Crippen MR) is 87.7 cm³/mol. The third kappa shape index (κ3) is 2.55. The highest BCUT2D eigenvalue weighted by molar-refractivity contribution is 6.01. The molecule has 25 heavy (non-hydrogen) atoms. The Balaban J connectivity index is 2.16. The Hall–Kier alpha value is -2.84. The van der Waals surface area contributed by atoms with Gasteiger partial charge in [-0.25, -0.2) is 4.39 Å². The Morgan fingerprint density at radius 2 is 1.92 bits per heavy atom. The lowest BCUT2D eigenvalue weighted by Crippen LogP contribution is -2.45. The molecule has 0 amide bonds. The van der Waals surface area contributed by atoms with Crippen LogP contribution in [0.15, 0.2) is 48.5 Å². The fraction of sp³-hybridized carbons (Fsp3) is 0.235. The summed E-state index contributed by atoms with van der Waals surface area (Å²) in [5.41, 5.74) is -0.727. The average Bonchev–Trinajstić information content (AvgIpc) is 2.78. The van der Waals surface area contributed by atoms with Gasteiger partial charge in [-0.3, -0.25) is 10.1 Å².